The van der Waals surface area contributed by atoms with E-state index in [4.69, 9.17) is 28.3 Å². The number of halogens is 3. The first-order chi connectivity index (χ1) is 6.02. The van der Waals surface area contributed by atoms with Crippen molar-refractivity contribution < 1.29 is 14.3 Å². The van der Waals surface area contributed by atoms with Crippen molar-refractivity contribution in [2.75, 3.05) is 0 Å². The highest BCUT2D eigenvalue weighted by atomic mass is 35.5. The van der Waals surface area contributed by atoms with Crippen LogP contribution in [0, 0.1) is 0 Å². The molecule has 5 heteroatoms. The topological polar surface area (TPSA) is 37.3 Å². The van der Waals surface area contributed by atoms with Crippen molar-refractivity contribution in [3.05, 3.63) is 33.8 Å². The van der Waals surface area contributed by atoms with Crippen LogP contribution in [0.2, 0.25) is 10.0 Å². The zero-order chi connectivity index (χ0) is 10.0. The van der Waals surface area contributed by atoms with Crippen LogP contribution in [0.5, 0.6) is 0 Å². The Morgan fingerprint density at radius 1 is 1.38 bits per heavy atom. The molecule has 0 aliphatic heterocycles. The maximum Gasteiger partial charge on any atom is 0.343 e. The molecule has 70 valence electrons. The summed E-state index contributed by atoms with van der Waals surface area (Å²) in [6.45, 7) is 0. The standard InChI is InChI=1S/C8H5Cl2FO2/c9-5-2-1-4(3-6(5)10)7(11)8(12)13/h1-3,7H,(H,12,13). The van der Waals surface area contributed by atoms with Crippen molar-refractivity contribution in [3.8, 4) is 0 Å². The third kappa shape index (κ3) is 2.32. The lowest BCUT2D eigenvalue weighted by Gasteiger charge is -2.03. The third-order valence-corrected chi connectivity index (χ3v) is 2.19. The third-order valence-electron chi connectivity index (χ3n) is 1.45. The maximum absolute atomic E-state index is 12.9. The molecule has 0 aliphatic carbocycles. The smallest absolute Gasteiger partial charge is 0.343 e. The maximum atomic E-state index is 12.9. The molecule has 2 nitrogen and oxygen atoms in total. The van der Waals surface area contributed by atoms with Crippen LogP contribution in [-0.2, 0) is 4.79 Å². The van der Waals surface area contributed by atoms with Gasteiger partial charge in [-0.05, 0) is 17.7 Å². The Morgan fingerprint density at radius 3 is 2.46 bits per heavy atom. The number of aliphatic carboxylic acids is 1. The van der Waals surface area contributed by atoms with Gasteiger partial charge in [-0.1, -0.05) is 29.3 Å². The molecule has 0 radical (unpaired) electrons. The summed E-state index contributed by atoms with van der Waals surface area (Å²) in [6, 6.07) is 3.84. The van der Waals surface area contributed by atoms with E-state index in [1.54, 1.807) is 0 Å². The minimum Gasteiger partial charge on any atom is -0.479 e. The van der Waals surface area contributed by atoms with Gasteiger partial charge in [0.1, 0.15) is 0 Å². The molecular weight excluding hydrogens is 218 g/mol. The SMILES string of the molecule is O=C(O)C(F)c1ccc(Cl)c(Cl)c1. The van der Waals surface area contributed by atoms with Gasteiger partial charge in [0.25, 0.3) is 0 Å². The number of carboxylic acid groups (broad SMARTS) is 1. The number of benzene rings is 1. The molecule has 0 bridgehead atoms. The molecule has 1 rings (SSSR count). The van der Waals surface area contributed by atoms with E-state index in [1.807, 2.05) is 0 Å². The van der Waals surface area contributed by atoms with Crippen LogP contribution in [0.25, 0.3) is 0 Å². The number of hydrogen-bond acceptors (Lipinski definition) is 1. The summed E-state index contributed by atoms with van der Waals surface area (Å²) in [5, 5.41) is 8.75. The van der Waals surface area contributed by atoms with E-state index in [-0.39, 0.29) is 15.6 Å². The zero-order valence-corrected chi connectivity index (χ0v) is 7.81. The highest BCUT2D eigenvalue weighted by Gasteiger charge is 2.18. The molecule has 1 atom stereocenters. The van der Waals surface area contributed by atoms with E-state index in [0.717, 1.165) is 0 Å². The molecule has 0 amide bonds. The van der Waals surface area contributed by atoms with Crippen LogP contribution in [0.4, 0.5) is 4.39 Å². The molecule has 0 saturated heterocycles. The van der Waals surface area contributed by atoms with E-state index < -0.39 is 12.1 Å². The summed E-state index contributed by atoms with van der Waals surface area (Å²) in [5.74, 6) is -1.54. The molecule has 1 unspecified atom stereocenters. The normalized spacial score (nSPS) is 12.5. The van der Waals surface area contributed by atoms with Gasteiger partial charge in [-0.25, -0.2) is 9.18 Å². The molecule has 1 aromatic rings. The van der Waals surface area contributed by atoms with E-state index in [1.165, 1.54) is 18.2 Å². The molecule has 0 fully saturated rings. The van der Waals surface area contributed by atoms with Crippen molar-refractivity contribution in [3.63, 3.8) is 0 Å². The van der Waals surface area contributed by atoms with Gasteiger partial charge >= 0.3 is 5.97 Å². The van der Waals surface area contributed by atoms with E-state index in [2.05, 4.69) is 0 Å². The van der Waals surface area contributed by atoms with Crippen LogP contribution in [0.1, 0.15) is 11.7 Å². The summed E-state index contributed by atoms with van der Waals surface area (Å²) in [5.41, 5.74) is -0.0121. The van der Waals surface area contributed by atoms with Crippen LogP contribution < -0.4 is 0 Å². The van der Waals surface area contributed by atoms with Crippen molar-refractivity contribution >= 4 is 29.2 Å². The number of rotatable bonds is 2. The minimum atomic E-state index is -2.06. The van der Waals surface area contributed by atoms with Gasteiger partial charge in [0.2, 0.25) is 6.17 Å². The number of alkyl halides is 1. The Labute approximate surface area is 83.9 Å². The highest BCUT2D eigenvalue weighted by molar-refractivity contribution is 6.42. The average molecular weight is 223 g/mol. The lowest BCUT2D eigenvalue weighted by atomic mass is 10.1. The van der Waals surface area contributed by atoms with Crippen LogP contribution >= 0.6 is 23.2 Å². The first-order valence-electron chi connectivity index (χ1n) is 3.34. The average Bonchev–Trinajstić information content (AvgIpc) is 2.08. The fourth-order valence-electron chi connectivity index (χ4n) is 0.813. The lowest BCUT2D eigenvalue weighted by molar-refractivity contribution is -0.143. The Kier molecular flexibility index (Phi) is 3.12. The summed E-state index contributed by atoms with van der Waals surface area (Å²) >= 11 is 11.1. The van der Waals surface area contributed by atoms with Crippen molar-refractivity contribution in [2.24, 2.45) is 0 Å². The van der Waals surface area contributed by atoms with Crippen LogP contribution in [0.15, 0.2) is 18.2 Å². The fourth-order valence-corrected chi connectivity index (χ4v) is 1.12. The molecule has 0 aromatic heterocycles. The molecule has 1 aromatic carbocycles. The zero-order valence-electron chi connectivity index (χ0n) is 6.30. The quantitative estimate of drug-likeness (QED) is 0.836. The number of carbonyl (C=O) groups is 1. The second-order valence-electron chi connectivity index (χ2n) is 2.37. The number of carboxylic acids is 1. The van der Waals surface area contributed by atoms with Crippen molar-refractivity contribution in [1.29, 1.82) is 0 Å². The van der Waals surface area contributed by atoms with Gasteiger partial charge in [-0.2, -0.15) is 0 Å². The summed E-state index contributed by atoms with van der Waals surface area (Å²) in [6.07, 6.45) is -2.06. The monoisotopic (exact) mass is 222 g/mol. The van der Waals surface area contributed by atoms with Gasteiger partial charge < -0.3 is 5.11 Å². The summed E-state index contributed by atoms with van der Waals surface area (Å²) < 4.78 is 12.9. The molecule has 13 heavy (non-hydrogen) atoms. The Hall–Kier alpha value is -0.800. The first-order valence-corrected chi connectivity index (χ1v) is 4.10. The van der Waals surface area contributed by atoms with Gasteiger partial charge in [-0.15, -0.1) is 0 Å². The second kappa shape index (κ2) is 3.94. The molecule has 0 saturated carbocycles. The molecule has 0 spiro atoms. The Bertz CT molecular complexity index is 341. The van der Waals surface area contributed by atoms with E-state index >= 15 is 0 Å². The predicted octanol–water partition coefficient (Wildman–Crippen LogP) is 3.09. The van der Waals surface area contributed by atoms with Crippen molar-refractivity contribution in [1.82, 2.24) is 0 Å². The highest BCUT2D eigenvalue weighted by Crippen LogP contribution is 2.27. The molecule has 0 aliphatic rings. The summed E-state index contributed by atoms with van der Waals surface area (Å²) in [4.78, 5) is 10.2. The number of hydrogen-bond donors (Lipinski definition) is 1. The van der Waals surface area contributed by atoms with Gasteiger partial charge in [0.05, 0.1) is 10.0 Å². The lowest BCUT2D eigenvalue weighted by Crippen LogP contribution is -2.05. The van der Waals surface area contributed by atoms with Crippen LogP contribution in [-0.4, -0.2) is 11.1 Å². The largest absolute Gasteiger partial charge is 0.479 e. The Morgan fingerprint density at radius 2 is 2.00 bits per heavy atom. The molecule has 0 heterocycles. The minimum absolute atomic E-state index is 0.0121. The first kappa shape index (κ1) is 10.3. The fraction of sp³-hybridized carbons (Fsp3) is 0.125. The van der Waals surface area contributed by atoms with Crippen LogP contribution in [0.3, 0.4) is 0 Å². The summed E-state index contributed by atoms with van der Waals surface area (Å²) in [7, 11) is 0. The van der Waals surface area contributed by atoms with Gasteiger partial charge in [0, 0.05) is 0 Å². The van der Waals surface area contributed by atoms with Gasteiger partial charge in [-0.3, -0.25) is 0 Å². The van der Waals surface area contributed by atoms with Gasteiger partial charge in [0.15, 0.2) is 0 Å². The van der Waals surface area contributed by atoms with E-state index in [9.17, 15) is 9.18 Å². The second-order valence-corrected chi connectivity index (χ2v) is 3.19. The Balaban J connectivity index is 3.03. The van der Waals surface area contributed by atoms with E-state index in [0.29, 0.717) is 0 Å². The predicted molar refractivity (Wildman–Crippen MR) is 47.9 cm³/mol. The molecular formula is C8H5Cl2FO2. The molecule has 1 N–H and O–H groups in total. The van der Waals surface area contributed by atoms with Crippen molar-refractivity contribution in [2.45, 2.75) is 6.17 Å².